The van der Waals surface area contributed by atoms with Crippen LogP contribution in [0.5, 0.6) is 5.75 Å². The lowest BCUT2D eigenvalue weighted by molar-refractivity contribution is -0.151. The summed E-state index contributed by atoms with van der Waals surface area (Å²) < 4.78 is 16.7. The smallest absolute Gasteiger partial charge is 0.349 e. The van der Waals surface area contributed by atoms with Gasteiger partial charge in [0.15, 0.2) is 5.75 Å². The van der Waals surface area contributed by atoms with Crippen LogP contribution in [0.25, 0.3) is 10.1 Å². The van der Waals surface area contributed by atoms with Crippen LogP contribution in [-0.2, 0) is 14.3 Å². The molecule has 1 heterocycles. The first-order chi connectivity index (χ1) is 12.7. The molecule has 134 valence electrons. The summed E-state index contributed by atoms with van der Waals surface area (Å²) >= 11 is 1.34. The normalized spacial score (nSPS) is 11.9. The van der Waals surface area contributed by atoms with E-state index in [1.165, 1.54) is 25.6 Å². The van der Waals surface area contributed by atoms with Crippen molar-refractivity contribution < 1.29 is 23.8 Å². The predicted octanol–water partition coefficient (Wildman–Crippen LogP) is 3.70. The van der Waals surface area contributed by atoms with Gasteiger partial charge in [-0.1, -0.05) is 42.5 Å². The Hall–Kier alpha value is -2.70. The number of ketones is 1. The maximum atomic E-state index is 13.0. The molecule has 0 bridgehead atoms. The third kappa shape index (κ3) is 3.61. The van der Waals surface area contributed by atoms with Gasteiger partial charge in [0.2, 0.25) is 11.9 Å². The fourth-order valence-corrected chi connectivity index (χ4v) is 3.68. The topological polar surface area (TPSA) is 61.8 Å². The van der Waals surface area contributed by atoms with Gasteiger partial charge in [-0.3, -0.25) is 4.79 Å². The molecule has 3 aromatic rings. The standard InChI is InChI=1S/C20H18O5S/c1-23-12-15(20(22)24-2)25-18-14-10-6-7-11-16(14)26-19(18)17(21)13-8-4-3-5-9-13/h3-11,15H,12H2,1-2H3. The number of fused-ring (bicyclic) bond motifs is 1. The Morgan fingerprint density at radius 2 is 1.69 bits per heavy atom. The van der Waals surface area contributed by atoms with E-state index in [2.05, 4.69) is 0 Å². The summed E-state index contributed by atoms with van der Waals surface area (Å²) in [6, 6.07) is 16.5. The van der Waals surface area contributed by atoms with Crippen molar-refractivity contribution in [2.45, 2.75) is 6.10 Å². The molecule has 3 rings (SSSR count). The van der Waals surface area contributed by atoms with Crippen molar-refractivity contribution in [3.63, 3.8) is 0 Å². The summed E-state index contributed by atoms with van der Waals surface area (Å²) in [7, 11) is 2.76. The Morgan fingerprint density at radius 3 is 2.38 bits per heavy atom. The SMILES string of the molecule is COCC(Oc1c(C(=O)c2ccccc2)sc2ccccc12)C(=O)OC. The molecule has 1 atom stereocenters. The van der Waals surface area contributed by atoms with E-state index >= 15 is 0 Å². The largest absolute Gasteiger partial charge is 0.474 e. The number of esters is 1. The molecule has 0 saturated heterocycles. The van der Waals surface area contributed by atoms with Crippen molar-refractivity contribution in [3.8, 4) is 5.75 Å². The van der Waals surface area contributed by atoms with Gasteiger partial charge in [0.25, 0.3) is 0 Å². The molecule has 5 nitrogen and oxygen atoms in total. The van der Waals surface area contributed by atoms with Crippen LogP contribution < -0.4 is 4.74 Å². The number of hydrogen-bond donors (Lipinski definition) is 0. The fraction of sp³-hybridized carbons (Fsp3) is 0.200. The average Bonchev–Trinajstić information content (AvgIpc) is 3.05. The molecule has 0 amide bonds. The highest BCUT2D eigenvalue weighted by molar-refractivity contribution is 7.21. The Bertz CT molecular complexity index is 916. The minimum absolute atomic E-state index is 0.0236. The Morgan fingerprint density at radius 1 is 1.00 bits per heavy atom. The van der Waals surface area contributed by atoms with Crippen molar-refractivity contribution in [2.24, 2.45) is 0 Å². The van der Waals surface area contributed by atoms with Crippen LogP contribution in [0.3, 0.4) is 0 Å². The molecular weight excluding hydrogens is 352 g/mol. The van der Waals surface area contributed by atoms with Gasteiger partial charge >= 0.3 is 5.97 Å². The molecular formula is C20H18O5S. The quantitative estimate of drug-likeness (QED) is 0.469. The molecule has 0 fully saturated rings. The van der Waals surface area contributed by atoms with E-state index in [1.54, 1.807) is 12.1 Å². The van der Waals surface area contributed by atoms with Crippen LogP contribution in [0.4, 0.5) is 0 Å². The van der Waals surface area contributed by atoms with E-state index in [0.717, 1.165) is 10.1 Å². The number of carbonyl (C=O) groups excluding carboxylic acids is 2. The molecule has 0 radical (unpaired) electrons. The molecule has 2 aromatic carbocycles. The average molecular weight is 370 g/mol. The number of benzene rings is 2. The van der Waals surface area contributed by atoms with Crippen LogP contribution in [0, 0.1) is 0 Å². The highest BCUT2D eigenvalue weighted by Gasteiger charge is 2.27. The molecule has 6 heteroatoms. The second kappa shape index (κ2) is 8.12. The van der Waals surface area contributed by atoms with E-state index in [0.29, 0.717) is 16.2 Å². The maximum absolute atomic E-state index is 13.0. The van der Waals surface area contributed by atoms with Gasteiger partial charge in [0, 0.05) is 22.8 Å². The van der Waals surface area contributed by atoms with Crippen LogP contribution >= 0.6 is 11.3 Å². The zero-order valence-corrected chi connectivity index (χ0v) is 15.2. The van der Waals surface area contributed by atoms with Gasteiger partial charge < -0.3 is 14.2 Å². The summed E-state index contributed by atoms with van der Waals surface area (Å²) in [5.74, 6) is -0.324. The summed E-state index contributed by atoms with van der Waals surface area (Å²) in [6.07, 6.45) is -0.953. The lowest BCUT2D eigenvalue weighted by Crippen LogP contribution is -2.33. The third-order valence-electron chi connectivity index (χ3n) is 3.83. The van der Waals surface area contributed by atoms with Gasteiger partial charge in [0.1, 0.15) is 4.88 Å². The molecule has 0 spiro atoms. The van der Waals surface area contributed by atoms with Crippen LogP contribution in [0.2, 0.25) is 0 Å². The maximum Gasteiger partial charge on any atom is 0.349 e. The predicted molar refractivity (Wildman–Crippen MR) is 100 cm³/mol. The minimum Gasteiger partial charge on any atom is -0.474 e. The summed E-state index contributed by atoms with van der Waals surface area (Å²) in [5, 5.41) is 0.779. The van der Waals surface area contributed by atoms with Gasteiger partial charge in [-0.05, 0) is 12.1 Å². The van der Waals surface area contributed by atoms with Gasteiger partial charge in [-0.2, -0.15) is 0 Å². The number of carbonyl (C=O) groups is 2. The highest BCUT2D eigenvalue weighted by Crippen LogP contribution is 2.39. The first-order valence-corrected chi connectivity index (χ1v) is 8.82. The summed E-state index contributed by atoms with van der Waals surface area (Å²) in [5.41, 5.74) is 0.560. The second-order valence-electron chi connectivity index (χ2n) is 5.54. The Balaban J connectivity index is 2.07. The number of ether oxygens (including phenoxy) is 3. The number of methoxy groups -OCH3 is 2. The van der Waals surface area contributed by atoms with Crippen molar-refractivity contribution in [3.05, 3.63) is 65.0 Å². The van der Waals surface area contributed by atoms with Crippen LogP contribution in [0.1, 0.15) is 15.2 Å². The molecule has 0 aliphatic rings. The molecule has 0 N–H and O–H groups in total. The lowest BCUT2D eigenvalue weighted by atomic mass is 10.1. The van der Waals surface area contributed by atoms with Crippen LogP contribution in [0.15, 0.2) is 54.6 Å². The number of rotatable bonds is 7. The molecule has 0 saturated carbocycles. The number of hydrogen-bond acceptors (Lipinski definition) is 6. The summed E-state index contributed by atoms with van der Waals surface area (Å²) in [6.45, 7) is 0.0236. The van der Waals surface area contributed by atoms with Gasteiger partial charge in [0.05, 0.1) is 13.7 Å². The first-order valence-electron chi connectivity index (χ1n) is 8.00. The van der Waals surface area contributed by atoms with Crippen LogP contribution in [-0.4, -0.2) is 38.7 Å². The Labute approximate surface area is 155 Å². The van der Waals surface area contributed by atoms with E-state index in [-0.39, 0.29) is 12.4 Å². The first kappa shape index (κ1) is 18.1. The summed E-state index contributed by atoms with van der Waals surface area (Å²) in [4.78, 5) is 25.5. The third-order valence-corrected chi connectivity index (χ3v) is 4.99. The molecule has 0 aliphatic carbocycles. The molecule has 26 heavy (non-hydrogen) atoms. The zero-order valence-electron chi connectivity index (χ0n) is 14.4. The van der Waals surface area contributed by atoms with E-state index in [9.17, 15) is 9.59 Å². The zero-order chi connectivity index (χ0) is 18.5. The molecule has 1 unspecified atom stereocenters. The lowest BCUT2D eigenvalue weighted by Gasteiger charge is -2.16. The van der Waals surface area contributed by atoms with Crippen molar-refractivity contribution in [1.82, 2.24) is 0 Å². The molecule has 0 aliphatic heterocycles. The van der Waals surface area contributed by atoms with Gasteiger partial charge in [-0.25, -0.2) is 4.79 Å². The van der Waals surface area contributed by atoms with Gasteiger partial charge in [-0.15, -0.1) is 11.3 Å². The second-order valence-corrected chi connectivity index (χ2v) is 6.59. The van der Waals surface area contributed by atoms with Crippen molar-refractivity contribution >= 4 is 33.2 Å². The fourth-order valence-electron chi connectivity index (χ4n) is 2.58. The monoisotopic (exact) mass is 370 g/mol. The van der Waals surface area contributed by atoms with E-state index in [1.807, 2.05) is 42.5 Å². The van der Waals surface area contributed by atoms with Crippen molar-refractivity contribution in [2.75, 3.05) is 20.8 Å². The van der Waals surface area contributed by atoms with E-state index < -0.39 is 12.1 Å². The minimum atomic E-state index is -0.953. The molecule has 1 aromatic heterocycles. The van der Waals surface area contributed by atoms with Crippen molar-refractivity contribution in [1.29, 1.82) is 0 Å². The number of thiophene rings is 1. The Kier molecular flexibility index (Phi) is 5.65. The highest BCUT2D eigenvalue weighted by atomic mass is 32.1. The van der Waals surface area contributed by atoms with E-state index in [4.69, 9.17) is 14.2 Å².